The molecule has 0 radical (unpaired) electrons. The summed E-state index contributed by atoms with van der Waals surface area (Å²) in [6, 6.07) is 11.2. The molecule has 0 saturated carbocycles. The third-order valence-electron chi connectivity index (χ3n) is 4.39. The molecule has 2 rings (SSSR count). The van der Waals surface area contributed by atoms with E-state index in [-0.39, 0.29) is 6.04 Å². The van der Waals surface area contributed by atoms with Crippen molar-refractivity contribution in [2.75, 3.05) is 27.2 Å². The van der Waals surface area contributed by atoms with E-state index in [9.17, 15) is 0 Å². The Kier molecular flexibility index (Phi) is 5.59. The van der Waals surface area contributed by atoms with Gasteiger partial charge in [0.2, 0.25) is 0 Å². The summed E-state index contributed by atoms with van der Waals surface area (Å²) in [5.41, 5.74) is 6.99. The lowest BCUT2D eigenvalue weighted by atomic mass is 9.96. The maximum atomic E-state index is 8.88. The number of piperidine rings is 1. The Balaban J connectivity index is 2.10. The molecule has 1 fully saturated rings. The number of benzene rings is 1. The van der Waals surface area contributed by atoms with E-state index in [1.54, 1.807) is 0 Å². The highest BCUT2D eigenvalue weighted by molar-refractivity contribution is 5.80. The quantitative estimate of drug-likeness (QED) is 0.376. The smallest absolute Gasteiger partial charge is 0.141 e. The van der Waals surface area contributed by atoms with Crippen LogP contribution in [0.5, 0.6) is 0 Å². The summed E-state index contributed by atoms with van der Waals surface area (Å²) in [4.78, 5) is 4.76. The molecule has 3 N–H and O–H groups in total. The molecule has 1 unspecified atom stereocenters. The second-order valence-corrected chi connectivity index (χ2v) is 5.95. The first-order chi connectivity index (χ1) is 10.1. The number of hydrogen-bond donors (Lipinski definition) is 2. The zero-order chi connectivity index (χ0) is 15.2. The van der Waals surface area contributed by atoms with Crippen molar-refractivity contribution < 1.29 is 5.21 Å². The molecule has 116 valence electrons. The van der Waals surface area contributed by atoms with Gasteiger partial charge < -0.3 is 15.8 Å². The number of oxime groups is 1. The van der Waals surface area contributed by atoms with Crippen molar-refractivity contribution in [1.82, 2.24) is 9.80 Å². The van der Waals surface area contributed by atoms with Crippen molar-refractivity contribution in [1.29, 1.82) is 0 Å². The largest absolute Gasteiger partial charge is 0.409 e. The first-order valence-electron chi connectivity index (χ1n) is 7.53. The summed E-state index contributed by atoms with van der Waals surface area (Å²) in [6.45, 7) is 2.09. The average molecular weight is 290 g/mol. The molecule has 21 heavy (non-hydrogen) atoms. The van der Waals surface area contributed by atoms with Gasteiger partial charge in [-0.05, 0) is 32.5 Å². The van der Waals surface area contributed by atoms with Crippen molar-refractivity contribution in [2.24, 2.45) is 10.9 Å². The minimum absolute atomic E-state index is 0.185. The highest BCUT2D eigenvalue weighted by atomic mass is 16.4. The van der Waals surface area contributed by atoms with Gasteiger partial charge in [0.1, 0.15) is 5.84 Å². The predicted octanol–water partition coefficient (Wildman–Crippen LogP) is 1.89. The zero-order valence-electron chi connectivity index (χ0n) is 12.9. The lowest BCUT2D eigenvalue weighted by molar-refractivity contribution is 0.110. The van der Waals surface area contributed by atoms with Gasteiger partial charge in [0.25, 0.3) is 0 Å². The van der Waals surface area contributed by atoms with Gasteiger partial charge >= 0.3 is 0 Å². The van der Waals surface area contributed by atoms with Crippen molar-refractivity contribution >= 4 is 5.84 Å². The van der Waals surface area contributed by atoms with Crippen LogP contribution in [-0.2, 0) is 0 Å². The second-order valence-electron chi connectivity index (χ2n) is 5.95. The Labute approximate surface area is 127 Å². The van der Waals surface area contributed by atoms with Gasteiger partial charge in [0, 0.05) is 31.6 Å². The van der Waals surface area contributed by atoms with Crippen molar-refractivity contribution in [3.8, 4) is 0 Å². The summed E-state index contributed by atoms with van der Waals surface area (Å²) >= 11 is 0. The Morgan fingerprint density at radius 2 is 1.95 bits per heavy atom. The van der Waals surface area contributed by atoms with E-state index in [2.05, 4.69) is 41.2 Å². The van der Waals surface area contributed by atoms with Crippen LogP contribution in [0.3, 0.4) is 0 Å². The molecular weight excluding hydrogens is 264 g/mol. The molecule has 1 aliphatic heterocycles. The fourth-order valence-electron chi connectivity index (χ4n) is 3.09. The van der Waals surface area contributed by atoms with Crippen molar-refractivity contribution in [3.63, 3.8) is 0 Å². The molecule has 5 heteroatoms. The lowest BCUT2D eigenvalue weighted by Crippen LogP contribution is -2.44. The van der Waals surface area contributed by atoms with Crippen LogP contribution < -0.4 is 5.73 Å². The van der Waals surface area contributed by atoms with E-state index in [4.69, 9.17) is 10.9 Å². The highest BCUT2D eigenvalue weighted by Crippen LogP contribution is 2.28. The van der Waals surface area contributed by atoms with Crippen LogP contribution in [0.15, 0.2) is 35.5 Å². The second kappa shape index (κ2) is 7.43. The van der Waals surface area contributed by atoms with Crippen LogP contribution >= 0.6 is 0 Å². The summed E-state index contributed by atoms with van der Waals surface area (Å²) in [5, 5.41) is 12.0. The molecule has 0 bridgehead atoms. The molecule has 1 aromatic rings. The van der Waals surface area contributed by atoms with Gasteiger partial charge in [-0.1, -0.05) is 35.5 Å². The van der Waals surface area contributed by atoms with Crippen LogP contribution in [-0.4, -0.2) is 54.1 Å². The maximum Gasteiger partial charge on any atom is 0.141 e. The molecule has 0 aliphatic carbocycles. The van der Waals surface area contributed by atoms with Crippen LogP contribution in [0.25, 0.3) is 0 Å². The average Bonchev–Trinajstić information content (AvgIpc) is 2.53. The number of nitrogens with two attached hydrogens (primary N) is 1. The third-order valence-corrected chi connectivity index (χ3v) is 4.39. The number of nitrogens with zero attached hydrogens (tertiary/aromatic N) is 3. The number of likely N-dealkylation sites (tertiary alicyclic amines) is 1. The van der Waals surface area contributed by atoms with Crippen LogP contribution in [0.4, 0.5) is 0 Å². The van der Waals surface area contributed by atoms with E-state index >= 15 is 0 Å². The van der Waals surface area contributed by atoms with Gasteiger partial charge in [0.15, 0.2) is 0 Å². The minimum Gasteiger partial charge on any atom is -0.409 e. The van der Waals surface area contributed by atoms with Gasteiger partial charge in [-0.2, -0.15) is 0 Å². The molecule has 1 aromatic carbocycles. The van der Waals surface area contributed by atoms with E-state index < -0.39 is 0 Å². The molecule has 1 saturated heterocycles. The molecule has 1 heterocycles. The summed E-state index contributed by atoms with van der Waals surface area (Å²) in [5.74, 6) is 0.290. The van der Waals surface area contributed by atoms with E-state index in [1.165, 1.54) is 5.56 Å². The standard InChI is InChI=1S/C16H26N4O/c1-19(2)14-8-10-20(11-9-14)15(12-16(17)18-21)13-6-4-3-5-7-13/h3-7,14-15,21H,8-12H2,1-2H3,(H2,17,18). The van der Waals surface area contributed by atoms with Crippen LogP contribution in [0, 0.1) is 0 Å². The Hall–Kier alpha value is -1.59. The monoisotopic (exact) mass is 290 g/mol. The molecule has 0 spiro atoms. The van der Waals surface area contributed by atoms with Crippen LogP contribution in [0.2, 0.25) is 0 Å². The first-order valence-corrected chi connectivity index (χ1v) is 7.53. The van der Waals surface area contributed by atoms with Crippen molar-refractivity contribution in [3.05, 3.63) is 35.9 Å². The number of amidine groups is 1. The Morgan fingerprint density at radius 1 is 1.33 bits per heavy atom. The molecule has 0 amide bonds. The number of hydrogen-bond acceptors (Lipinski definition) is 4. The fraction of sp³-hybridized carbons (Fsp3) is 0.562. The Morgan fingerprint density at radius 3 is 2.48 bits per heavy atom. The summed E-state index contributed by atoms with van der Waals surface area (Å²) in [6.07, 6.45) is 2.88. The summed E-state index contributed by atoms with van der Waals surface area (Å²) < 4.78 is 0. The molecule has 5 nitrogen and oxygen atoms in total. The van der Waals surface area contributed by atoms with Gasteiger partial charge in [-0.25, -0.2) is 0 Å². The van der Waals surface area contributed by atoms with E-state index in [0.717, 1.165) is 25.9 Å². The molecule has 1 atom stereocenters. The van der Waals surface area contributed by atoms with Gasteiger partial charge in [-0.3, -0.25) is 4.90 Å². The molecule has 0 aromatic heterocycles. The van der Waals surface area contributed by atoms with Gasteiger partial charge in [-0.15, -0.1) is 0 Å². The SMILES string of the molecule is CN(C)C1CCN(C(CC(N)=NO)c2ccccc2)CC1. The van der Waals surface area contributed by atoms with Crippen molar-refractivity contribution in [2.45, 2.75) is 31.3 Å². The van der Waals surface area contributed by atoms with E-state index in [1.807, 2.05) is 18.2 Å². The molecule has 1 aliphatic rings. The normalized spacial score (nSPS) is 19.9. The predicted molar refractivity (Wildman–Crippen MR) is 85.5 cm³/mol. The molecular formula is C16H26N4O. The van der Waals surface area contributed by atoms with Gasteiger partial charge in [0.05, 0.1) is 0 Å². The van der Waals surface area contributed by atoms with E-state index in [0.29, 0.717) is 18.3 Å². The minimum atomic E-state index is 0.185. The highest BCUT2D eigenvalue weighted by Gasteiger charge is 2.27. The first kappa shape index (κ1) is 15.8. The van der Waals surface area contributed by atoms with Crippen LogP contribution in [0.1, 0.15) is 30.9 Å². The maximum absolute atomic E-state index is 8.88. The Bertz CT molecular complexity index is 453. The third kappa shape index (κ3) is 4.19. The number of rotatable bonds is 5. The lowest BCUT2D eigenvalue weighted by Gasteiger charge is -2.39. The fourth-order valence-corrected chi connectivity index (χ4v) is 3.09. The summed E-state index contributed by atoms with van der Waals surface area (Å²) in [7, 11) is 4.29. The zero-order valence-corrected chi connectivity index (χ0v) is 12.9. The topological polar surface area (TPSA) is 65.1 Å².